The van der Waals surface area contributed by atoms with E-state index in [2.05, 4.69) is 22.4 Å². The molecule has 0 radical (unpaired) electrons. The summed E-state index contributed by atoms with van der Waals surface area (Å²) in [6.45, 7) is 0. The van der Waals surface area contributed by atoms with Crippen molar-refractivity contribution in [1.29, 1.82) is 0 Å². The number of fused-ring (bicyclic) bond motifs is 3. The number of aromatic amines is 1. The van der Waals surface area contributed by atoms with Crippen LogP contribution in [0.3, 0.4) is 0 Å². The van der Waals surface area contributed by atoms with Crippen molar-refractivity contribution in [1.82, 2.24) is 4.98 Å². The minimum Gasteiger partial charge on any atom is -0.478 e. The van der Waals surface area contributed by atoms with E-state index in [0.717, 1.165) is 35.9 Å². The van der Waals surface area contributed by atoms with Crippen LogP contribution >= 0.6 is 0 Å². The van der Waals surface area contributed by atoms with Crippen LogP contribution in [0.2, 0.25) is 0 Å². The zero-order chi connectivity index (χ0) is 15.8. The normalized spacial score (nSPS) is 17.0. The predicted molar refractivity (Wildman–Crippen MR) is 91.0 cm³/mol. The molecule has 3 N–H and O–H groups in total. The molecule has 1 aliphatic carbocycles. The zero-order valence-corrected chi connectivity index (χ0v) is 12.7. The molecule has 0 aliphatic heterocycles. The largest absolute Gasteiger partial charge is 0.478 e. The fraction of sp³-hybridized carbons (Fsp3) is 0.211. The Morgan fingerprint density at radius 2 is 2.00 bits per heavy atom. The molecular formula is C19H18N2O2. The van der Waals surface area contributed by atoms with Crippen molar-refractivity contribution < 1.29 is 9.90 Å². The average Bonchev–Trinajstić information content (AvgIpc) is 2.95. The molecule has 1 aliphatic rings. The van der Waals surface area contributed by atoms with Crippen molar-refractivity contribution in [2.24, 2.45) is 0 Å². The Bertz CT molecular complexity index is 868. The minimum absolute atomic E-state index is 0.238. The summed E-state index contributed by atoms with van der Waals surface area (Å²) in [6, 6.07) is 15.8. The number of nitrogens with one attached hydrogen (secondary N) is 2. The molecule has 1 unspecified atom stereocenters. The standard InChI is InChI=1S/C19H18N2O2/c22-19(23)12-9-10-16-15(11-12)14-7-4-8-17(18(14)21-16)20-13-5-2-1-3-6-13/h1-3,5-6,9-11,17,20-21H,4,7-8H2,(H,22,23). The molecule has 1 aromatic heterocycles. The number of benzene rings is 2. The first-order valence-electron chi connectivity index (χ1n) is 7.92. The Hall–Kier alpha value is -2.75. The van der Waals surface area contributed by atoms with Crippen LogP contribution < -0.4 is 5.32 Å². The first-order chi connectivity index (χ1) is 11.2. The summed E-state index contributed by atoms with van der Waals surface area (Å²) in [5.41, 5.74) is 4.91. The number of aromatic carboxylic acids is 1. The van der Waals surface area contributed by atoms with E-state index in [9.17, 15) is 9.90 Å². The Balaban J connectivity index is 1.76. The molecule has 0 bridgehead atoms. The highest BCUT2D eigenvalue weighted by atomic mass is 16.4. The van der Waals surface area contributed by atoms with Gasteiger partial charge in [0, 0.05) is 22.3 Å². The predicted octanol–water partition coefficient (Wildman–Crippen LogP) is 4.36. The molecule has 4 nitrogen and oxygen atoms in total. The number of hydrogen-bond acceptors (Lipinski definition) is 2. The Labute approximate surface area is 134 Å². The van der Waals surface area contributed by atoms with E-state index in [1.54, 1.807) is 12.1 Å². The quantitative estimate of drug-likeness (QED) is 0.674. The maximum Gasteiger partial charge on any atom is 0.335 e. The van der Waals surface area contributed by atoms with Gasteiger partial charge in [-0.3, -0.25) is 0 Å². The maximum atomic E-state index is 11.2. The third kappa shape index (κ3) is 2.46. The summed E-state index contributed by atoms with van der Waals surface area (Å²) < 4.78 is 0. The summed E-state index contributed by atoms with van der Waals surface area (Å²) in [5, 5.41) is 13.8. The smallest absolute Gasteiger partial charge is 0.335 e. The molecule has 4 heteroatoms. The Kier molecular flexibility index (Phi) is 3.30. The number of carboxylic acid groups (broad SMARTS) is 1. The number of anilines is 1. The number of aromatic nitrogens is 1. The second kappa shape index (κ2) is 5.47. The van der Waals surface area contributed by atoms with E-state index in [1.807, 2.05) is 24.3 Å². The number of H-pyrrole nitrogens is 1. The number of carboxylic acids is 1. The molecular weight excluding hydrogens is 288 g/mol. The van der Waals surface area contributed by atoms with Crippen LogP contribution in [0, 0.1) is 0 Å². The molecule has 4 rings (SSSR count). The molecule has 1 atom stereocenters. The van der Waals surface area contributed by atoms with Crippen LogP contribution in [0.15, 0.2) is 48.5 Å². The SMILES string of the molecule is O=C(O)c1ccc2[nH]c3c(c2c1)CCCC3Nc1ccccc1. The van der Waals surface area contributed by atoms with E-state index in [0.29, 0.717) is 5.56 Å². The van der Waals surface area contributed by atoms with Gasteiger partial charge < -0.3 is 15.4 Å². The second-order valence-electron chi connectivity index (χ2n) is 6.04. The van der Waals surface area contributed by atoms with Gasteiger partial charge in [-0.2, -0.15) is 0 Å². The number of hydrogen-bond donors (Lipinski definition) is 3. The lowest BCUT2D eigenvalue weighted by Crippen LogP contribution is -2.17. The summed E-state index contributed by atoms with van der Waals surface area (Å²) in [6.07, 6.45) is 3.16. The highest BCUT2D eigenvalue weighted by molar-refractivity contribution is 5.95. The fourth-order valence-electron chi connectivity index (χ4n) is 3.48. The van der Waals surface area contributed by atoms with Gasteiger partial charge >= 0.3 is 5.97 Å². The van der Waals surface area contributed by atoms with Gasteiger partial charge in [-0.25, -0.2) is 4.79 Å². The van der Waals surface area contributed by atoms with Gasteiger partial charge in [0.15, 0.2) is 0 Å². The summed E-state index contributed by atoms with van der Waals surface area (Å²) in [4.78, 5) is 14.7. The highest BCUT2D eigenvalue weighted by Crippen LogP contribution is 2.36. The molecule has 1 heterocycles. The lowest BCUT2D eigenvalue weighted by atomic mass is 9.91. The molecule has 0 fully saturated rings. The maximum absolute atomic E-state index is 11.2. The third-order valence-corrected chi connectivity index (χ3v) is 4.57. The van der Waals surface area contributed by atoms with Gasteiger partial charge in [-0.05, 0) is 55.2 Å². The number of carbonyl (C=O) groups is 1. The molecule has 23 heavy (non-hydrogen) atoms. The minimum atomic E-state index is -0.878. The third-order valence-electron chi connectivity index (χ3n) is 4.57. The summed E-state index contributed by atoms with van der Waals surface area (Å²) in [7, 11) is 0. The van der Waals surface area contributed by atoms with Crippen LogP contribution in [-0.4, -0.2) is 16.1 Å². The van der Waals surface area contributed by atoms with Crippen molar-refractivity contribution >= 4 is 22.6 Å². The second-order valence-corrected chi connectivity index (χ2v) is 6.04. The zero-order valence-electron chi connectivity index (χ0n) is 12.7. The van der Waals surface area contributed by atoms with E-state index in [-0.39, 0.29) is 6.04 Å². The van der Waals surface area contributed by atoms with Gasteiger partial charge in [0.1, 0.15) is 0 Å². The number of para-hydroxylation sites is 1. The van der Waals surface area contributed by atoms with Crippen molar-refractivity contribution in [2.75, 3.05) is 5.32 Å². The monoisotopic (exact) mass is 306 g/mol. The van der Waals surface area contributed by atoms with Crippen molar-refractivity contribution in [2.45, 2.75) is 25.3 Å². The van der Waals surface area contributed by atoms with Gasteiger partial charge in [0.2, 0.25) is 0 Å². The topological polar surface area (TPSA) is 65.1 Å². The van der Waals surface area contributed by atoms with Crippen LogP contribution in [0.25, 0.3) is 10.9 Å². The lowest BCUT2D eigenvalue weighted by Gasteiger charge is -2.24. The van der Waals surface area contributed by atoms with E-state index in [1.165, 1.54) is 11.3 Å². The molecule has 0 amide bonds. The van der Waals surface area contributed by atoms with Gasteiger partial charge in [0.05, 0.1) is 11.6 Å². The lowest BCUT2D eigenvalue weighted by molar-refractivity contribution is 0.0697. The van der Waals surface area contributed by atoms with Gasteiger partial charge in [-0.15, -0.1) is 0 Å². The molecule has 0 saturated heterocycles. The Morgan fingerprint density at radius 1 is 1.17 bits per heavy atom. The number of rotatable bonds is 3. The first-order valence-corrected chi connectivity index (χ1v) is 7.92. The summed E-state index contributed by atoms with van der Waals surface area (Å²) in [5.74, 6) is -0.878. The first kappa shape index (κ1) is 13.9. The van der Waals surface area contributed by atoms with Crippen molar-refractivity contribution in [3.63, 3.8) is 0 Å². The summed E-state index contributed by atoms with van der Waals surface area (Å²) >= 11 is 0. The van der Waals surface area contributed by atoms with E-state index >= 15 is 0 Å². The molecule has 0 saturated carbocycles. The number of aryl methyl sites for hydroxylation is 1. The van der Waals surface area contributed by atoms with Crippen molar-refractivity contribution in [3.05, 3.63) is 65.4 Å². The van der Waals surface area contributed by atoms with E-state index < -0.39 is 5.97 Å². The molecule has 0 spiro atoms. The van der Waals surface area contributed by atoms with E-state index in [4.69, 9.17) is 0 Å². The van der Waals surface area contributed by atoms with Gasteiger partial charge in [-0.1, -0.05) is 18.2 Å². The van der Waals surface area contributed by atoms with Crippen molar-refractivity contribution in [3.8, 4) is 0 Å². The van der Waals surface area contributed by atoms with Crippen LogP contribution in [0.5, 0.6) is 0 Å². The molecule has 116 valence electrons. The molecule has 2 aromatic carbocycles. The van der Waals surface area contributed by atoms with Gasteiger partial charge in [0.25, 0.3) is 0 Å². The molecule has 3 aromatic rings. The van der Waals surface area contributed by atoms with Crippen LogP contribution in [0.4, 0.5) is 5.69 Å². The highest BCUT2D eigenvalue weighted by Gasteiger charge is 2.24. The average molecular weight is 306 g/mol. The van der Waals surface area contributed by atoms with Crippen LogP contribution in [0.1, 0.15) is 40.5 Å². The van der Waals surface area contributed by atoms with Crippen LogP contribution in [-0.2, 0) is 6.42 Å². The fourth-order valence-corrected chi connectivity index (χ4v) is 3.48. The Morgan fingerprint density at radius 3 is 2.78 bits per heavy atom.